The monoisotopic (exact) mass is 286 g/mol. The maximum absolute atomic E-state index is 13.7. The van der Waals surface area contributed by atoms with Gasteiger partial charge in [0.25, 0.3) is 0 Å². The lowest BCUT2D eigenvalue weighted by Gasteiger charge is -2.16. The van der Waals surface area contributed by atoms with Crippen LogP contribution in [0.15, 0.2) is 42.5 Å². The number of hydrogen-bond donors (Lipinski definition) is 2. The van der Waals surface area contributed by atoms with Crippen LogP contribution in [-0.4, -0.2) is 11.9 Å². The van der Waals surface area contributed by atoms with Gasteiger partial charge in [-0.05, 0) is 50.6 Å². The average molecular weight is 286 g/mol. The third-order valence-corrected chi connectivity index (χ3v) is 3.21. The summed E-state index contributed by atoms with van der Waals surface area (Å²) < 4.78 is 13.7. The van der Waals surface area contributed by atoms with Gasteiger partial charge in [-0.1, -0.05) is 23.8 Å². The molecule has 2 aromatic carbocycles. The Bertz CT molecular complexity index is 638. The van der Waals surface area contributed by atoms with E-state index in [0.717, 1.165) is 16.8 Å². The highest BCUT2D eigenvalue weighted by Crippen LogP contribution is 2.17. The molecule has 0 spiro atoms. The zero-order valence-corrected chi connectivity index (χ0v) is 12.4. The number of carbonyl (C=O) groups is 1. The van der Waals surface area contributed by atoms with Crippen LogP contribution in [0.1, 0.15) is 18.1 Å². The van der Waals surface area contributed by atoms with Crippen LogP contribution in [0.4, 0.5) is 15.8 Å². The van der Waals surface area contributed by atoms with E-state index in [2.05, 4.69) is 10.6 Å². The van der Waals surface area contributed by atoms with Gasteiger partial charge in [0.05, 0.1) is 5.69 Å². The maximum atomic E-state index is 13.7. The van der Waals surface area contributed by atoms with E-state index in [1.54, 1.807) is 19.1 Å². The molecule has 2 rings (SSSR count). The van der Waals surface area contributed by atoms with Gasteiger partial charge in [-0.3, -0.25) is 4.79 Å². The van der Waals surface area contributed by atoms with E-state index >= 15 is 0 Å². The number of amides is 1. The Labute approximate surface area is 124 Å². The summed E-state index contributed by atoms with van der Waals surface area (Å²) in [6.07, 6.45) is 0. The minimum atomic E-state index is -0.539. The van der Waals surface area contributed by atoms with Crippen molar-refractivity contribution in [3.63, 3.8) is 0 Å². The van der Waals surface area contributed by atoms with Crippen LogP contribution in [0.25, 0.3) is 0 Å². The molecule has 3 nitrogen and oxygen atoms in total. The molecule has 0 aliphatic rings. The number of anilines is 2. The average Bonchev–Trinajstić information content (AvgIpc) is 2.45. The Hall–Kier alpha value is -2.36. The fourth-order valence-corrected chi connectivity index (χ4v) is 1.94. The molecule has 0 aliphatic heterocycles. The largest absolute Gasteiger partial charge is 0.372 e. The van der Waals surface area contributed by atoms with Gasteiger partial charge < -0.3 is 10.6 Å². The summed E-state index contributed by atoms with van der Waals surface area (Å²) in [4.78, 5) is 12.1. The number of halogens is 1. The van der Waals surface area contributed by atoms with Crippen LogP contribution in [0.2, 0.25) is 0 Å². The SMILES string of the molecule is Cc1ccc(NC(=O)C(C)Nc2cc(C)ccc2F)cc1. The van der Waals surface area contributed by atoms with E-state index in [-0.39, 0.29) is 11.7 Å². The Morgan fingerprint density at radius 1 is 1.05 bits per heavy atom. The number of nitrogens with one attached hydrogen (secondary N) is 2. The molecule has 0 bridgehead atoms. The number of benzene rings is 2. The van der Waals surface area contributed by atoms with Crippen LogP contribution in [0.5, 0.6) is 0 Å². The molecule has 1 unspecified atom stereocenters. The van der Waals surface area contributed by atoms with Crippen molar-refractivity contribution in [2.24, 2.45) is 0 Å². The Morgan fingerprint density at radius 2 is 1.67 bits per heavy atom. The molecule has 1 amide bonds. The molecule has 21 heavy (non-hydrogen) atoms. The van der Waals surface area contributed by atoms with Gasteiger partial charge in [-0.15, -0.1) is 0 Å². The van der Waals surface area contributed by atoms with E-state index in [0.29, 0.717) is 5.69 Å². The van der Waals surface area contributed by atoms with Crippen molar-refractivity contribution in [1.29, 1.82) is 0 Å². The molecule has 0 fully saturated rings. The predicted octanol–water partition coefficient (Wildman–Crippen LogP) is 3.88. The molecule has 0 radical (unpaired) electrons. The van der Waals surface area contributed by atoms with Crippen molar-refractivity contribution in [3.05, 3.63) is 59.4 Å². The zero-order chi connectivity index (χ0) is 15.4. The fourth-order valence-electron chi connectivity index (χ4n) is 1.94. The first-order valence-electron chi connectivity index (χ1n) is 6.86. The van der Waals surface area contributed by atoms with Crippen molar-refractivity contribution >= 4 is 17.3 Å². The predicted molar refractivity (Wildman–Crippen MR) is 84.0 cm³/mol. The highest BCUT2D eigenvalue weighted by Gasteiger charge is 2.14. The minimum absolute atomic E-state index is 0.209. The smallest absolute Gasteiger partial charge is 0.246 e. The van der Waals surface area contributed by atoms with Gasteiger partial charge in [-0.25, -0.2) is 4.39 Å². The van der Waals surface area contributed by atoms with Crippen molar-refractivity contribution < 1.29 is 9.18 Å². The summed E-state index contributed by atoms with van der Waals surface area (Å²) in [7, 11) is 0. The molecule has 0 aromatic heterocycles. The molecule has 1 atom stereocenters. The summed E-state index contributed by atoms with van der Waals surface area (Å²) in [5.74, 6) is -0.574. The van der Waals surface area contributed by atoms with Crippen molar-refractivity contribution in [2.75, 3.05) is 10.6 Å². The quantitative estimate of drug-likeness (QED) is 0.895. The second-order valence-electron chi connectivity index (χ2n) is 5.20. The summed E-state index contributed by atoms with van der Waals surface area (Å²) in [5, 5.41) is 5.69. The van der Waals surface area contributed by atoms with E-state index in [9.17, 15) is 9.18 Å². The minimum Gasteiger partial charge on any atom is -0.372 e. The number of aryl methyl sites for hydroxylation is 2. The number of hydrogen-bond acceptors (Lipinski definition) is 2. The molecular weight excluding hydrogens is 267 g/mol. The van der Waals surface area contributed by atoms with Crippen molar-refractivity contribution in [1.82, 2.24) is 0 Å². The fraction of sp³-hybridized carbons (Fsp3) is 0.235. The molecule has 0 aliphatic carbocycles. The lowest BCUT2D eigenvalue weighted by atomic mass is 10.2. The van der Waals surface area contributed by atoms with Crippen LogP contribution < -0.4 is 10.6 Å². The molecule has 2 N–H and O–H groups in total. The van der Waals surface area contributed by atoms with Crippen LogP contribution in [0.3, 0.4) is 0 Å². The number of carbonyl (C=O) groups excluding carboxylic acids is 1. The molecule has 0 saturated heterocycles. The van der Waals surface area contributed by atoms with E-state index in [1.807, 2.05) is 38.1 Å². The summed E-state index contributed by atoms with van der Waals surface area (Å²) >= 11 is 0. The first-order valence-corrected chi connectivity index (χ1v) is 6.86. The van der Waals surface area contributed by atoms with Gasteiger partial charge in [0, 0.05) is 5.69 Å². The summed E-state index contributed by atoms with van der Waals surface area (Å²) in [5.41, 5.74) is 3.12. The van der Waals surface area contributed by atoms with Crippen LogP contribution in [0, 0.1) is 19.7 Å². The summed E-state index contributed by atoms with van der Waals surface area (Å²) in [6, 6.07) is 11.8. The molecule has 2 aromatic rings. The molecule has 0 heterocycles. The van der Waals surface area contributed by atoms with Gasteiger partial charge >= 0.3 is 0 Å². The highest BCUT2D eigenvalue weighted by molar-refractivity contribution is 5.96. The Morgan fingerprint density at radius 3 is 2.33 bits per heavy atom. The maximum Gasteiger partial charge on any atom is 0.246 e. The van der Waals surface area contributed by atoms with Gasteiger partial charge in [0.15, 0.2) is 0 Å². The standard InChI is InChI=1S/C17H19FN2O/c1-11-4-7-14(8-5-11)20-17(21)13(3)19-16-10-12(2)6-9-15(16)18/h4-10,13,19H,1-3H3,(H,20,21). The van der Waals surface area contributed by atoms with Crippen LogP contribution in [-0.2, 0) is 4.79 Å². The van der Waals surface area contributed by atoms with E-state index < -0.39 is 6.04 Å². The van der Waals surface area contributed by atoms with Crippen molar-refractivity contribution in [3.8, 4) is 0 Å². The molecule has 0 saturated carbocycles. The third-order valence-electron chi connectivity index (χ3n) is 3.21. The lowest BCUT2D eigenvalue weighted by Crippen LogP contribution is -2.32. The lowest BCUT2D eigenvalue weighted by molar-refractivity contribution is -0.116. The highest BCUT2D eigenvalue weighted by atomic mass is 19.1. The van der Waals surface area contributed by atoms with E-state index in [4.69, 9.17) is 0 Å². The first-order chi connectivity index (χ1) is 9.95. The Kier molecular flexibility index (Phi) is 4.58. The number of rotatable bonds is 4. The third kappa shape index (κ3) is 4.05. The normalized spacial score (nSPS) is 11.8. The molecular formula is C17H19FN2O. The van der Waals surface area contributed by atoms with Crippen molar-refractivity contribution in [2.45, 2.75) is 26.8 Å². The van der Waals surface area contributed by atoms with Gasteiger partial charge in [0.2, 0.25) is 5.91 Å². The van der Waals surface area contributed by atoms with Gasteiger partial charge in [0.1, 0.15) is 11.9 Å². The molecule has 4 heteroatoms. The second kappa shape index (κ2) is 6.39. The second-order valence-corrected chi connectivity index (χ2v) is 5.20. The zero-order valence-electron chi connectivity index (χ0n) is 12.4. The van der Waals surface area contributed by atoms with Gasteiger partial charge in [-0.2, -0.15) is 0 Å². The first kappa shape index (κ1) is 15.0. The van der Waals surface area contributed by atoms with E-state index in [1.165, 1.54) is 6.07 Å². The topological polar surface area (TPSA) is 41.1 Å². The summed E-state index contributed by atoms with van der Waals surface area (Å²) in [6.45, 7) is 5.56. The Balaban J connectivity index is 2.02. The molecule has 110 valence electrons. The van der Waals surface area contributed by atoms with Crippen LogP contribution >= 0.6 is 0 Å².